The zero-order valence-electron chi connectivity index (χ0n) is 6.43. The lowest BCUT2D eigenvalue weighted by atomic mass is 10.3. The van der Waals surface area contributed by atoms with Crippen LogP contribution >= 0.6 is 0 Å². The van der Waals surface area contributed by atoms with Gasteiger partial charge in [0.05, 0.1) is 0 Å². The molecule has 0 spiro atoms. The second-order valence-electron chi connectivity index (χ2n) is 1.94. The third-order valence-corrected chi connectivity index (χ3v) is 1.01. The van der Waals surface area contributed by atoms with Crippen LogP contribution in [0.3, 0.4) is 0 Å². The van der Waals surface area contributed by atoms with Crippen LogP contribution in [0.25, 0.3) is 0 Å². The second kappa shape index (κ2) is 8.26. The largest absolute Gasteiger partial charge is 0.396 e. The van der Waals surface area contributed by atoms with Gasteiger partial charge in [0.25, 0.3) is 0 Å². The van der Waals surface area contributed by atoms with E-state index in [-0.39, 0.29) is 6.61 Å². The summed E-state index contributed by atoms with van der Waals surface area (Å²) in [6, 6.07) is 0. The number of hydrogen-bond donors (Lipinski definition) is 1. The van der Waals surface area contributed by atoms with Gasteiger partial charge in [-0.3, -0.25) is 0 Å². The average Bonchev–Trinajstić information content (AvgIpc) is 1.97. The fourth-order valence-electron chi connectivity index (χ4n) is 0.512. The van der Waals surface area contributed by atoms with Crippen LogP contribution in [-0.4, -0.2) is 11.7 Å². The van der Waals surface area contributed by atoms with Crippen LogP contribution < -0.4 is 0 Å². The highest BCUT2D eigenvalue weighted by atomic mass is 16.2. The Kier molecular flexibility index (Phi) is 7.65. The van der Waals surface area contributed by atoms with E-state index < -0.39 is 0 Å². The van der Waals surface area contributed by atoms with E-state index in [0.717, 1.165) is 19.3 Å². The molecule has 0 aromatic carbocycles. The van der Waals surface area contributed by atoms with Crippen molar-refractivity contribution < 1.29 is 5.11 Å². The highest BCUT2D eigenvalue weighted by molar-refractivity contribution is 5.14. The molecule has 0 aromatic heterocycles. The molecule has 0 aliphatic carbocycles. The second-order valence-corrected chi connectivity index (χ2v) is 1.94. The quantitative estimate of drug-likeness (QED) is 0.465. The normalized spacial score (nSPS) is 9.40. The lowest BCUT2D eigenvalue weighted by Crippen LogP contribution is -1.77. The molecule has 0 heterocycles. The number of aliphatic hydroxyl groups is 1. The van der Waals surface area contributed by atoms with Crippen molar-refractivity contribution in [3.8, 4) is 11.8 Å². The van der Waals surface area contributed by atoms with E-state index in [1.807, 2.05) is 19.1 Å². The van der Waals surface area contributed by atoms with Crippen molar-refractivity contribution in [1.82, 2.24) is 0 Å². The summed E-state index contributed by atoms with van der Waals surface area (Å²) in [7, 11) is 0. The molecule has 0 saturated heterocycles. The van der Waals surface area contributed by atoms with Crippen LogP contribution in [0.4, 0.5) is 0 Å². The third kappa shape index (κ3) is 7.26. The minimum absolute atomic E-state index is 0.269. The van der Waals surface area contributed by atoms with Crippen molar-refractivity contribution in [3.63, 3.8) is 0 Å². The van der Waals surface area contributed by atoms with Crippen LogP contribution in [0.5, 0.6) is 0 Å². The molecule has 0 aliphatic rings. The van der Waals surface area contributed by atoms with Gasteiger partial charge in [-0.1, -0.05) is 24.8 Å². The lowest BCUT2D eigenvalue weighted by Gasteiger charge is -1.83. The molecule has 0 unspecified atom stereocenters. The summed E-state index contributed by atoms with van der Waals surface area (Å²) in [5.41, 5.74) is 0. The summed E-state index contributed by atoms with van der Waals surface area (Å²) in [5.74, 6) is 5.81. The maximum Gasteiger partial charge on any atom is 0.0433 e. The van der Waals surface area contributed by atoms with Crippen molar-refractivity contribution in [1.29, 1.82) is 0 Å². The van der Waals surface area contributed by atoms with Crippen molar-refractivity contribution in [2.75, 3.05) is 6.61 Å². The summed E-state index contributed by atoms with van der Waals surface area (Å²) in [4.78, 5) is 0. The van der Waals surface area contributed by atoms with E-state index in [1.165, 1.54) is 0 Å². The maximum atomic E-state index is 8.40. The summed E-state index contributed by atoms with van der Waals surface area (Å²) in [5, 5.41) is 8.40. The van der Waals surface area contributed by atoms with Gasteiger partial charge in [-0.15, -0.1) is 0 Å². The van der Waals surface area contributed by atoms with Crippen LogP contribution in [0, 0.1) is 11.8 Å². The number of unbranched alkanes of at least 4 members (excludes halogenated alkanes) is 1. The Morgan fingerprint density at radius 3 is 2.90 bits per heavy atom. The molecule has 10 heavy (non-hydrogen) atoms. The van der Waals surface area contributed by atoms with Crippen LogP contribution in [0.1, 0.15) is 26.2 Å². The highest BCUT2D eigenvalue weighted by Crippen LogP contribution is 1.87. The van der Waals surface area contributed by atoms with Gasteiger partial charge in [0.1, 0.15) is 0 Å². The first-order valence-electron chi connectivity index (χ1n) is 3.66. The molecule has 1 nitrogen and oxygen atoms in total. The minimum atomic E-state index is 0.269. The van der Waals surface area contributed by atoms with Crippen molar-refractivity contribution in [2.45, 2.75) is 26.2 Å². The number of hydrogen-bond acceptors (Lipinski definition) is 1. The van der Waals surface area contributed by atoms with Gasteiger partial charge in [-0.05, 0) is 18.9 Å². The molecular formula is C9H14O. The monoisotopic (exact) mass is 138 g/mol. The standard InChI is InChI=1S/C9H14O/c1-2-3-4-5-6-7-8-9-10/h5-6,10H,2,7-9H2,1H3. The number of rotatable bonds is 3. The number of aliphatic hydroxyl groups excluding tert-OH is 1. The molecule has 0 aliphatic heterocycles. The first-order valence-corrected chi connectivity index (χ1v) is 3.66. The molecule has 0 saturated carbocycles. The van der Waals surface area contributed by atoms with Gasteiger partial charge in [-0.2, -0.15) is 0 Å². The summed E-state index contributed by atoms with van der Waals surface area (Å²) in [6.45, 7) is 2.29. The van der Waals surface area contributed by atoms with Gasteiger partial charge < -0.3 is 5.11 Å². The average molecular weight is 138 g/mol. The maximum absolute atomic E-state index is 8.40. The minimum Gasteiger partial charge on any atom is -0.396 e. The molecule has 1 N–H and O–H groups in total. The summed E-state index contributed by atoms with van der Waals surface area (Å²) in [6.07, 6.45) is 6.50. The van der Waals surface area contributed by atoms with E-state index >= 15 is 0 Å². The summed E-state index contributed by atoms with van der Waals surface area (Å²) < 4.78 is 0. The zero-order chi connectivity index (χ0) is 7.66. The molecular weight excluding hydrogens is 124 g/mol. The predicted molar refractivity (Wildman–Crippen MR) is 43.5 cm³/mol. The zero-order valence-corrected chi connectivity index (χ0v) is 6.43. The van der Waals surface area contributed by atoms with Gasteiger partial charge in [0.15, 0.2) is 0 Å². The van der Waals surface area contributed by atoms with Crippen LogP contribution in [0.2, 0.25) is 0 Å². The van der Waals surface area contributed by atoms with Crippen LogP contribution in [-0.2, 0) is 0 Å². The Labute approximate surface area is 62.8 Å². The predicted octanol–water partition coefficient (Wildman–Crippen LogP) is 1.73. The molecule has 0 amide bonds. The Bertz CT molecular complexity index is 137. The lowest BCUT2D eigenvalue weighted by molar-refractivity contribution is 0.289. The molecule has 0 radical (unpaired) electrons. The Morgan fingerprint density at radius 2 is 2.30 bits per heavy atom. The molecule has 0 rings (SSSR count). The van der Waals surface area contributed by atoms with Crippen molar-refractivity contribution >= 4 is 0 Å². The fourth-order valence-corrected chi connectivity index (χ4v) is 0.512. The van der Waals surface area contributed by atoms with Gasteiger partial charge in [0.2, 0.25) is 0 Å². The number of allylic oxidation sites excluding steroid dienone is 2. The topological polar surface area (TPSA) is 20.2 Å². The first-order chi connectivity index (χ1) is 4.91. The smallest absolute Gasteiger partial charge is 0.0433 e. The molecule has 56 valence electrons. The molecule has 0 bridgehead atoms. The van der Waals surface area contributed by atoms with Crippen molar-refractivity contribution in [3.05, 3.63) is 12.2 Å². The van der Waals surface area contributed by atoms with E-state index in [0.29, 0.717) is 0 Å². The van der Waals surface area contributed by atoms with Gasteiger partial charge >= 0.3 is 0 Å². The Morgan fingerprint density at radius 1 is 1.50 bits per heavy atom. The van der Waals surface area contributed by atoms with E-state index in [2.05, 4.69) is 11.8 Å². The SMILES string of the molecule is CCC#CC=CCCCO. The van der Waals surface area contributed by atoms with Crippen molar-refractivity contribution in [2.24, 2.45) is 0 Å². The first kappa shape index (κ1) is 9.26. The van der Waals surface area contributed by atoms with E-state index in [4.69, 9.17) is 5.11 Å². The molecule has 1 heteroatoms. The Hall–Kier alpha value is -0.740. The molecule has 0 aromatic rings. The van der Waals surface area contributed by atoms with Gasteiger partial charge in [-0.25, -0.2) is 0 Å². The van der Waals surface area contributed by atoms with E-state index in [1.54, 1.807) is 0 Å². The van der Waals surface area contributed by atoms with Crippen LogP contribution in [0.15, 0.2) is 12.2 Å². The Balaban J connectivity index is 3.19. The molecule has 0 atom stereocenters. The molecule has 0 fully saturated rings. The highest BCUT2D eigenvalue weighted by Gasteiger charge is 1.75. The van der Waals surface area contributed by atoms with Gasteiger partial charge in [0, 0.05) is 13.0 Å². The summed E-state index contributed by atoms with van der Waals surface area (Å²) >= 11 is 0. The fraction of sp³-hybridized carbons (Fsp3) is 0.556. The third-order valence-electron chi connectivity index (χ3n) is 1.01. The van der Waals surface area contributed by atoms with E-state index in [9.17, 15) is 0 Å².